The number of thioether (sulfide) groups is 1. The molecule has 1 aromatic rings. The van der Waals surface area contributed by atoms with E-state index in [9.17, 15) is 0 Å². The van der Waals surface area contributed by atoms with E-state index in [1.165, 1.54) is 27.1 Å². The molecule has 0 atom stereocenters. The van der Waals surface area contributed by atoms with Gasteiger partial charge in [0.15, 0.2) is 0 Å². The van der Waals surface area contributed by atoms with E-state index in [-0.39, 0.29) is 18.9 Å². The van der Waals surface area contributed by atoms with Crippen LogP contribution in [-0.2, 0) is 0 Å². The minimum atomic E-state index is 0. The second-order valence-corrected chi connectivity index (χ2v) is 5.25. The van der Waals surface area contributed by atoms with E-state index in [0.29, 0.717) is 0 Å². The molecule has 0 nitrogen and oxygen atoms in total. The van der Waals surface area contributed by atoms with Crippen molar-refractivity contribution in [3.8, 4) is 0 Å². The Balaban J connectivity index is 0.00000289. The average molecular weight is 252 g/mol. The molecule has 92 valence electrons. The van der Waals surface area contributed by atoms with Crippen LogP contribution in [0.2, 0.25) is 0 Å². The monoisotopic (exact) mass is 252 g/mol. The van der Waals surface area contributed by atoms with Crippen LogP contribution in [0.3, 0.4) is 0 Å². The minimum Gasteiger partial charge on any atom is -0.315 e. The van der Waals surface area contributed by atoms with Gasteiger partial charge in [0, 0.05) is 0 Å². The van der Waals surface area contributed by atoms with Gasteiger partial charge in [-0.25, -0.2) is 0 Å². The summed E-state index contributed by atoms with van der Waals surface area (Å²) in [6.07, 6.45) is 6.89. The summed E-state index contributed by atoms with van der Waals surface area (Å²) < 4.78 is 0. The van der Waals surface area contributed by atoms with Crippen molar-refractivity contribution >= 4 is 11.8 Å². The summed E-state index contributed by atoms with van der Waals surface area (Å²) in [7, 11) is 0. The number of rotatable bonds is 5. The van der Waals surface area contributed by atoms with Crippen LogP contribution in [0, 0.1) is 33.4 Å². The maximum Gasteiger partial charge on any atom is 1.00 e. The fourth-order valence-corrected chi connectivity index (χ4v) is 2.77. The van der Waals surface area contributed by atoms with Gasteiger partial charge in [-0.3, -0.25) is 5.75 Å². The second-order valence-electron chi connectivity index (χ2n) is 4.27. The van der Waals surface area contributed by atoms with Crippen molar-refractivity contribution in [1.29, 1.82) is 0 Å². The van der Waals surface area contributed by atoms with Crippen molar-refractivity contribution in [3.63, 3.8) is 0 Å². The molecule has 0 aliphatic heterocycles. The zero-order chi connectivity index (χ0) is 12.8. The quantitative estimate of drug-likeness (QED) is 0.255. The maximum atomic E-state index is 3.66. The first-order valence-corrected chi connectivity index (χ1v) is 6.79. The summed E-state index contributed by atoms with van der Waals surface area (Å²) in [4.78, 5) is 1.41. The summed E-state index contributed by atoms with van der Waals surface area (Å²) in [5, 5.41) is 0. The van der Waals surface area contributed by atoms with Crippen LogP contribution in [-0.4, -0.2) is 0 Å². The van der Waals surface area contributed by atoms with E-state index in [1.54, 1.807) is 0 Å². The molecule has 0 amide bonds. The minimum absolute atomic E-state index is 0. The van der Waals surface area contributed by atoms with E-state index in [1.807, 2.05) is 23.9 Å². The first-order chi connectivity index (χ1) is 8.07. The Bertz CT molecular complexity index is 407. The van der Waals surface area contributed by atoms with Gasteiger partial charge < -0.3 is 11.8 Å². The molecule has 0 heterocycles. The maximum absolute atomic E-state index is 3.66. The number of allylic oxidation sites excluding steroid dienone is 3. The Morgan fingerprint density at radius 3 is 2.22 bits per heavy atom. The summed E-state index contributed by atoms with van der Waals surface area (Å²) in [6.45, 7) is 12.4. The average Bonchev–Trinajstić information content (AvgIpc) is 2.30. The van der Waals surface area contributed by atoms with Crippen molar-refractivity contribution in [2.24, 2.45) is 0 Å². The van der Waals surface area contributed by atoms with Crippen LogP contribution in [0.1, 0.15) is 28.7 Å². The summed E-state index contributed by atoms with van der Waals surface area (Å²) in [5.74, 6) is 2.24. The van der Waals surface area contributed by atoms with Gasteiger partial charge in [0.05, 0.1) is 0 Å². The molecule has 0 aliphatic carbocycles. The van der Waals surface area contributed by atoms with Crippen molar-refractivity contribution in [2.75, 3.05) is 0 Å². The van der Waals surface area contributed by atoms with Crippen LogP contribution in [0.15, 0.2) is 35.8 Å². The van der Waals surface area contributed by atoms with Gasteiger partial charge in [0.25, 0.3) is 0 Å². The van der Waals surface area contributed by atoms with E-state index >= 15 is 0 Å². The zero-order valence-corrected chi connectivity index (χ0v) is 13.0. The van der Waals surface area contributed by atoms with Crippen molar-refractivity contribution in [3.05, 3.63) is 58.9 Å². The predicted molar refractivity (Wildman–Crippen MR) is 79.5 cm³/mol. The van der Waals surface area contributed by atoms with Crippen molar-refractivity contribution < 1.29 is 18.9 Å². The Kier molecular flexibility index (Phi) is 8.53. The fraction of sp³-hybridized carbons (Fsp3) is 0.312. The molecule has 0 unspecified atom stereocenters. The molecule has 0 N–H and O–H groups in total. The molecule has 0 fully saturated rings. The summed E-state index contributed by atoms with van der Waals surface area (Å²) in [5.41, 5.74) is 5.57. The molecule has 2 heteroatoms. The van der Waals surface area contributed by atoms with Gasteiger partial charge >= 0.3 is 18.9 Å². The molecule has 0 aliphatic rings. The first kappa shape index (κ1) is 17.6. The van der Waals surface area contributed by atoms with Gasteiger partial charge in [-0.05, 0) is 54.8 Å². The standard InChI is InChI=1S/C16H21S.Li/c1-6-7-8-9-10-17-16-14(4)12(2)11-13(3)15(16)5;/h6-8,10-11H,1,9H2,2-5H3;/q-1;+1/b8-7+;. The molecule has 0 spiro atoms. The van der Waals surface area contributed by atoms with Crippen LogP contribution in [0.4, 0.5) is 0 Å². The molecule has 0 saturated carbocycles. The van der Waals surface area contributed by atoms with E-state index < -0.39 is 0 Å². The Hall–Kier alpha value is -0.353. The zero-order valence-electron chi connectivity index (χ0n) is 12.2. The molecule has 1 rings (SSSR count). The van der Waals surface area contributed by atoms with Crippen LogP contribution in [0.5, 0.6) is 0 Å². The third-order valence-corrected chi connectivity index (χ3v) is 4.21. The van der Waals surface area contributed by atoms with Crippen molar-refractivity contribution in [1.82, 2.24) is 0 Å². The normalized spacial score (nSPS) is 10.4. The summed E-state index contributed by atoms with van der Waals surface area (Å²) in [6, 6.07) is 2.27. The van der Waals surface area contributed by atoms with E-state index in [0.717, 1.165) is 6.42 Å². The van der Waals surface area contributed by atoms with E-state index in [4.69, 9.17) is 0 Å². The van der Waals surface area contributed by atoms with Gasteiger partial charge in [0.2, 0.25) is 0 Å². The molecule has 0 radical (unpaired) electrons. The third-order valence-electron chi connectivity index (χ3n) is 3.00. The predicted octanol–water partition coefficient (Wildman–Crippen LogP) is 2.31. The van der Waals surface area contributed by atoms with Gasteiger partial charge in [-0.1, -0.05) is 24.8 Å². The van der Waals surface area contributed by atoms with Gasteiger partial charge in [-0.2, -0.15) is 6.42 Å². The molecule has 1 aromatic carbocycles. The molecular weight excluding hydrogens is 231 g/mol. The Morgan fingerprint density at radius 2 is 1.72 bits per heavy atom. The van der Waals surface area contributed by atoms with Crippen LogP contribution in [0.25, 0.3) is 0 Å². The number of hydrogen-bond donors (Lipinski definition) is 0. The van der Waals surface area contributed by atoms with Gasteiger partial charge in [0.1, 0.15) is 0 Å². The first-order valence-electron chi connectivity index (χ1n) is 5.91. The smallest absolute Gasteiger partial charge is 0.315 e. The van der Waals surface area contributed by atoms with Gasteiger partial charge in [-0.15, -0.1) is 6.08 Å². The Morgan fingerprint density at radius 1 is 1.17 bits per heavy atom. The van der Waals surface area contributed by atoms with Crippen LogP contribution < -0.4 is 18.9 Å². The fourth-order valence-electron chi connectivity index (χ4n) is 1.72. The summed E-state index contributed by atoms with van der Waals surface area (Å²) >= 11 is 1.84. The largest absolute Gasteiger partial charge is 1.00 e. The SMILES string of the molecule is C=C/C=C/C[CH-]Sc1c(C)c(C)cc(C)c1C.[Li+]. The van der Waals surface area contributed by atoms with E-state index in [2.05, 4.69) is 52.2 Å². The molecule has 18 heavy (non-hydrogen) atoms. The molecule has 0 saturated heterocycles. The van der Waals surface area contributed by atoms with Crippen molar-refractivity contribution in [2.45, 2.75) is 39.0 Å². The second kappa shape index (κ2) is 8.70. The molecule has 0 aromatic heterocycles. The molecular formula is C16H21LiS. The topological polar surface area (TPSA) is 0 Å². The number of benzene rings is 1. The third kappa shape index (κ3) is 4.73. The number of hydrogen-bond acceptors (Lipinski definition) is 1. The number of aryl methyl sites for hydroxylation is 2. The molecule has 0 bridgehead atoms. The Labute approximate surface area is 128 Å². The van der Waals surface area contributed by atoms with Crippen LogP contribution >= 0.6 is 11.8 Å².